The highest BCUT2D eigenvalue weighted by atomic mass is 14.9. The minimum Gasteiger partial charge on any atom is -0.361 e. The van der Waals surface area contributed by atoms with Crippen LogP contribution in [0.4, 0.5) is 0 Å². The highest BCUT2D eigenvalue weighted by molar-refractivity contribution is 6.03. The predicted molar refractivity (Wildman–Crippen MR) is 40.7 cm³/mol. The zero-order chi connectivity index (χ0) is 7.42. The molecular formula is C9H4N2. The van der Waals surface area contributed by atoms with Crippen LogP contribution < -0.4 is 5.36 Å². The van der Waals surface area contributed by atoms with Gasteiger partial charge in [-0.1, -0.05) is 18.2 Å². The first-order valence-corrected chi connectivity index (χ1v) is 3.49. The Kier molecular flexibility index (Phi) is 0.614. The van der Waals surface area contributed by atoms with E-state index < -0.39 is 0 Å². The second kappa shape index (κ2) is 1.34. The number of fused-ring (bicyclic) bond motifs is 3. The summed E-state index contributed by atoms with van der Waals surface area (Å²) >= 11 is 0. The maximum atomic E-state index is 8.50. The highest BCUT2D eigenvalue weighted by Crippen LogP contribution is 2.40. The van der Waals surface area contributed by atoms with Gasteiger partial charge in [-0.05, 0) is 17.2 Å². The van der Waals surface area contributed by atoms with E-state index >= 15 is 0 Å². The van der Waals surface area contributed by atoms with E-state index in [0.29, 0.717) is 0 Å². The average molecular weight is 140 g/mol. The van der Waals surface area contributed by atoms with Crippen LogP contribution in [0.15, 0.2) is 23.8 Å². The van der Waals surface area contributed by atoms with Gasteiger partial charge in [-0.25, -0.2) is 0 Å². The van der Waals surface area contributed by atoms with Gasteiger partial charge in [0.15, 0.2) is 0 Å². The van der Waals surface area contributed by atoms with E-state index in [1.165, 1.54) is 11.1 Å². The molecular weight excluding hydrogens is 136 g/mol. The van der Waals surface area contributed by atoms with Crippen LogP contribution >= 0.6 is 0 Å². The molecule has 0 spiro atoms. The molecule has 0 fully saturated rings. The normalized spacial score (nSPS) is 17.8. The zero-order valence-electron chi connectivity index (χ0n) is 5.70. The molecule has 0 N–H and O–H groups in total. The van der Waals surface area contributed by atoms with E-state index in [9.17, 15) is 0 Å². The van der Waals surface area contributed by atoms with Crippen molar-refractivity contribution >= 4 is 11.6 Å². The molecule has 0 unspecified atom stereocenters. The Morgan fingerprint density at radius 3 is 3.09 bits per heavy atom. The van der Waals surface area contributed by atoms with E-state index in [4.69, 9.17) is 5.53 Å². The summed E-state index contributed by atoms with van der Waals surface area (Å²) in [4.78, 5) is 3.17. The van der Waals surface area contributed by atoms with Gasteiger partial charge in [0.25, 0.3) is 0 Å². The van der Waals surface area contributed by atoms with Crippen LogP contribution in [0.3, 0.4) is 0 Å². The zero-order valence-corrected chi connectivity index (χ0v) is 5.70. The molecule has 0 heterocycles. The van der Waals surface area contributed by atoms with E-state index in [1.54, 1.807) is 0 Å². The van der Waals surface area contributed by atoms with Crippen LogP contribution in [-0.2, 0) is 0 Å². The maximum Gasteiger partial charge on any atom is 0.332 e. The van der Waals surface area contributed by atoms with Crippen LogP contribution in [0, 0.1) is 0 Å². The molecule has 0 saturated carbocycles. The lowest BCUT2D eigenvalue weighted by Crippen LogP contribution is -1.90. The van der Waals surface area contributed by atoms with Crippen molar-refractivity contribution in [3.8, 4) is 0 Å². The fourth-order valence-corrected chi connectivity index (χ4v) is 1.65. The van der Waals surface area contributed by atoms with Crippen molar-refractivity contribution in [3.05, 3.63) is 45.8 Å². The number of rotatable bonds is 0. The van der Waals surface area contributed by atoms with Gasteiger partial charge < -0.3 is 5.53 Å². The SMILES string of the molecule is [N-]=[N+]=c1c2c1C1=CC=CC1=C2. The Balaban J connectivity index is 2.38. The monoisotopic (exact) mass is 140 g/mol. The topological polar surface area (TPSA) is 36.4 Å². The van der Waals surface area contributed by atoms with Gasteiger partial charge in [0, 0.05) is 0 Å². The number of allylic oxidation sites excluding steroid dienone is 5. The molecule has 50 valence electrons. The molecule has 1 aromatic rings. The fourth-order valence-electron chi connectivity index (χ4n) is 1.65. The Morgan fingerprint density at radius 1 is 1.36 bits per heavy atom. The van der Waals surface area contributed by atoms with Gasteiger partial charge in [-0.3, -0.25) is 0 Å². The highest BCUT2D eigenvalue weighted by Gasteiger charge is 2.36. The molecule has 2 nitrogen and oxygen atoms in total. The van der Waals surface area contributed by atoms with Gasteiger partial charge in [0.1, 0.15) is 0 Å². The van der Waals surface area contributed by atoms with Crippen LogP contribution in [0.25, 0.3) is 17.2 Å². The molecule has 3 rings (SSSR count). The molecule has 0 radical (unpaired) electrons. The van der Waals surface area contributed by atoms with Gasteiger partial charge in [0.05, 0.1) is 11.1 Å². The Bertz CT molecular complexity index is 485. The van der Waals surface area contributed by atoms with Crippen LogP contribution in [0.1, 0.15) is 11.1 Å². The standard InChI is InChI=1S/C9H4N2/c10-11-9-7-4-5-2-1-3-6(5)8(7)9/h1-4H. The molecule has 0 bridgehead atoms. The predicted octanol–water partition coefficient (Wildman–Crippen LogP) is 1.04. The molecule has 0 atom stereocenters. The molecule has 0 aromatic heterocycles. The second-order valence-electron chi connectivity index (χ2n) is 2.78. The largest absolute Gasteiger partial charge is 0.361 e. The smallest absolute Gasteiger partial charge is 0.332 e. The summed E-state index contributed by atoms with van der Waals surface area (Å²) in [5, 5.41) is 0.767. The van der Waals surface area contributed by atoms with Crippen LogP contribution in [0.2, 0.25) is 0 Å². The lowest BCUT2D eigenvalue weighted by atomic mass is 10.1. The van der Waals surface area contributed by atoms with Crippen molar-refractivity contribution in [2.24, 2.45) is 0 Å². The minimum atomic E-state index is 0.767. The van der Waals surface area contributed by atoms with Gasteiger partial charge in [-0.15, -0.1) is 0 Å². The maximum absolute atomic E-state index is 8.50. The van der Waals surface area contributed by atoms with E-state index in [-0.39, 0.29) is 0 Å². The summed E-state index contributed by atoms with van der Waals surface area (Å²) in [5.74, 6) is 0. The van der Waals surface area contributed by atoms with Crippen molar-refractivity contribution < 1.29 is 4.79 Å². The molecule has 0 saturated heterocycles. The summed E-state index contributed by atoms with van der Waals surface area (Å²) in [6.07, 6.45) is 8.18. The molecule has 2 heteroatoms. The van der Waals surface area contributed by atoms with Gasteiger partial charge >= 0.3 is 5.36 Å². The van der Waals surface area contributed by atoms with Crippen molar-refractivity contribution in [2.75, 3.05) is 0 Å². The first-order chi connectivity index (χ1) is 5.42. The van der Waals surface area contributed by atoms with Gasteiger partial charge in [-0.2, -0.15) is 4.79 Å². The number of hydrogen-bond acceptors (Lipinski definition) is 0. The summed E-state index contributed by atoms with van der Waals surface area (Å²) in [7, 11) is 0. The fraction of sp³-hybridized carbons (Fsp3) is 0. The Hall–Kier alpha value is -1.66. The van der Waals surface area contributed by atoms with Crippen molar-refractivity contribution in [2.45, 2.75) is 0 Å². The van der Waals surface area contributed by atoms with Crippen molar-refractivity contribution in [1.29, 1.82) is 0 Å². The van der Waals surface area contributed by atoms with Crippen molar-refractivity contribution in [3.63, 3.8) is 0 Å². The van der Waals surface area contributed by atoms with E-state index in [1.807, 2.05) is 12.2 Å². The van der Waals surface area contributed by atoms with Crippen LogP contribution in [0.5, 0.6) is 0 Å². The lowest BCUT2D eigenvalue weighted by molar-refractivity contribution is -0.0597. The summed E-state index contributed by atoms with van der Waals surface area (Å²) in [6, 6.07) is 0. The number of hydrogen-bond donors (Lipinski definition) is 0. The quantitative estimate of drug-likeness (QED) is 0.381. The first-order valence-electron chi connectivity index (χ1n) is 3.49. The third kappa shape index (κ3) is 0.417. The van der Waals surface area contributed by atoms with E-state index in [2.05, 4.69) is 16.9 Å². The third-order valence-electron chi connectivity index (χ3n) is 2.22. The third-order valence-corrected chi connectivity index (χ3v) is 2.22. The molecule has 1 aromatic carbocycles. The second-order valence-corrected chi connectivity index (χ2v) is 2.78. The molecule has 2 aliphatic rings. The average Bonchev–Trinajstić information content (AvgIpc) is 2.45. The minimum absolute atomic E-state index is 0.767. The Labute approximate surface area is 63.1 Å². The van der Waals surface area contributed by atoms with Gasteiger partial charge in [0.2, 0.25) is 0 Å². The summed E-state index contributed by atoms with van der Waals surface area (Å²) < 4.78 is 0. The van der Waals surface area contributed by atoms with Crippen molar-refractivity contribution in [1.82, 2.24) is 0 Å². The molecule has 2 aliphatic carbocycles. The Morgan fingerprint density at radius 2 is 2.27 bits per heavy atom. The molecule has 11 heavy (non-hydrogen) atoms. The first kappa shape index (κ1) is 5.05. The lowest BCUT2D eigenvalue weighted by Gasteiger charge is -1.87. The van der Waals surface area contributed by atoms with E-state index in [0.717, 1.165) is 16.5 Å². The molecule has 0 amide bonds. The summed E-state index contributed by atoms with van der Waals surface area (Å²) in [6.45, 7) is 0. The van der Waals surface area contributed by atoms with Crippen LogP contribution in [-0.4, -0.2) is 4.79 Å². The summed E-state index contributed by atoms with van der Waals surface area (Å²) in [5.41, 5.74) is 13.2. The number of nitrogens with zero attached hydrogens (tertiary/aromatic N) is 2. The molecule has 0 aliphatic heterocycles.